The van der Waals surface area contributed by atoms with Crippen molar-refractivity contribution < 1.29 is 19.5 Å². The Morgan fingerprint density at radius 3 is 3.18 bits per heavy atom. The first-order valence-electron chi connectivity index (χ1n) is 4.90. The second-order valence-corrected chi connectivity index (χ2v) is 3.40. The lowest BCUT2D eigenvalue weighted by Crippen LogP contribution is -2.27. The van der Waals surface area contributed by atoms with Gasteiger partial charge in [0.05, 0.1) is 6.33 Å². The van der Waals surface area contributed by atoms with Crippen LogP contribution in [0.25, 0.3) is 0 Å². The van der Waals surface area contributed by atoms with E-state index in [0.717, 1.165) is 0 Å². The maximum atomic E-state index is 10.8. The molecule has 0 radical (unpaired) electrons. The van der Waals surface area contributed by atoms with Crippen molar-refractivity contribution >= 4 is 11.7 Å². The Kier molecular flexibility index (Phi) is 3.20. The zero-order valence-electron chi connectivity index (χ0n) is 9.11. The Morgan fingerprint density at radius 2 is 2.59 bits per heavy atom. The molecule has 17 heavy (non-hydrogen) atoms. The van der Waals surface area contributed by atoms with Crippen LogP contribution in [0.4, 0.5) is 0 Å². The van der Waals surface area contributed by atoms with Gasteiger partial charge in [-0.25, -0.2) is 4.98 Å². The van der Waals surface area contributed by atoms with E-state index in [0.29, 0.717) is 5.76 Å². The van der Waals surface area contributed by atoms with E-state index >= 15 is 0 Å². The van der Waals surface area contributed by atoms with Gasteiger partial charge in [-0.3, -0.25) is 4.79 Å². The predicted octanol–water partition coefficient (Wildman–Crippen LogP) is 0.689. The predicted molar refractivity (Wildman–Crippen MR) is 56.3 cm³/mol. The number of aromatic nitrogens is 2. The monoisotopic (exact) mass is 237 g/mol. The van der Waals surface area contributed by atoms with Crippen molar-refractivity contribution in [1.29, 1.82) is 0 Å². The van der Waals surface area contributed by atoms with Gasteiger partial charge in [-0.1, -0.05) is 5.16 Å². The fraction of sp³-hybridized carbons (Fsp3) is 0.300. The highest BCUT2D eigenvalue weighted by molar-refractivity contribution is 5.98. The second-order valence-electron chi connectivity index (χ2n) is 3.40. The van der Waals surface area contributed by atoms with Crippen molar-refractivity contribution in [2.24, 2.45) is 5.16 Å². The standard InChI is InChI=1S/C10H11N3O4/c1-7(14)17-8-4-9(12-15)10(16-5-8)13-3-2-11-6-13/h2-4,6,10,15H,5H2,1H3/b12-9-/t10-/m1/s1. The molecular weight excluding hydrogens is 226 g/mol. The average molecular weight is 237 g/mol. The lowest BCUT2D eigenvalue weighted by Gasteiger charge is -2.23. The van der Waals surface area contributed by atoms with Crippen molar-refractivity contribution in [3.05, 3.63) is 30.6 Å². The van der Waals surface area contributed by atoms with E-state index < -0.39 is 12.2 Å². The van der Waals surface area contributed by atoms with Crippen LogP contribution in [0.15, 0.2) is 35.7 Å². The summed E-state index contributed by atoms with van der Waals surface area (Å²) in [5, 5.41) is 12.0. The largest absolute Gasteiger partial charge is 0.429 e. The van der Waals surface area contributed by atoms with Gasteiger partial charge >= 0.3 is 5.97 Å². The molecule has 1 aromatic rings. The highest BCUT2D eigenvalue weighted by Crippen LogP contribution is 2.20. The lowest BCUT2D eigenvalue weighted by molar-refractivity contribution is -0.138. The molecule has 7 heteroatoms. The van der Waals surface area contributed by atoms with E-state index in [2.05, 4.69) is 10.1 Å². The van der Waals surface area contributed by atoms with Crippen LogP contribution in [0.5, 0.6) is 0 Å². The topological polar surface area (TPSA) is 85.9 Å². The smallest absolute Gasteiger partial charge is 0.307 e. The van der Waals surface area contributed by atoms with Crippen LogP contribution >= 0.6 is 0 Å². The van der Waals surface area contributed by atoms with Gasteiger partial charge in [0.1, 0.15) is 18.1 Å². The van der Waals surface area contributed by atoms with E-state index in [1.807, 2.05) is 0 Å². The zero-order chi connectivity index (χ0) is 12.3. The summed E-state index contributed by atoms with van der Waals surface area (Å²) < 4.78 is 11.9. The van der Waals surface area contributed by atoms with Gasteiger partial charge in [0, 0.05) is 25.4 Å². The molecule has 0 aromatic carbocycles. The molecule has 2 heterocycles. The third-order valence-corrected chi connectivity index (χ3v) is 2.13. The number of nitrogens with zero attached hydrogens (tertiary/aromatic N) is 3. The zero-order valence-corrected chi connectivity index (χ0v) is 9.11. The minimum atomic E-state index is -0.568. The number of carbonyl (C=O) groups is 1. The number of imidazole rings is 1. The summed E-state index contributed by atoms with van der Waals surface area (Å²) in [5.41, 5.74) is 0.241. The lowest BCUT2D eigenvalue weighted by atomic mass is 10.2. The third kappa shape index (κ3) is 2.51. The van der Waals surface area contributed by atoms with Crippen molar-refractivity contribution in [3.8, 4) is 0 Å². The van der Waals surface area contributed by atoms with Gasteiger partial charge in [0.15, 0.2) is 6.23 Å². The van der Waals surface area contributed by atoms with Gasteiger partial charge in [0.2, 0.25) is 0 Å². The summed E-state index contributed by atoms with van der Waals surface area (Å²) in [5.74, 6) is -0.139. The molecule has 0 fully saturated rings. The Bertz CT molecular complexity index is 464. The number of esters is 1. The summed E-state index contributed by atoms with van der Waals surface area (Å²) in [7, 11) is 0. The van der Waals surface area contributed by atoms with Crippen LogP contribution < -0.4 is 0 Å². The normalized spacial score (nSPS) is 22.3. The van der Waals surface area contributed by atoms with Gasteiger partial charge in [0.25, 0.3) is 0 Å². The van der Waals surface area contributed by atoms with Crippen LogP contribution in [-0.2, 0) is 14.3 Å². The maximum absolute atomic E-state index is 10.8. The first kappa shape index (κ1) is 11.3. The molecule has 0 saturated carbocycles. The second kappa shape index (κ2) is 4.79. The molecule has 1 aromatic heterocycles. The number of hydrogen-bond acceptors (Lipinski definition) is 6. The summed E-state index contributed by atoms with van der Waals surface area (Å²) in [6.45, 7) is 1.42. The molecule has 0 bridgehead atoms. The minimum absolute atomic E-state index is 0.126. The molecule has 0 unspecified atom stereocenters. The van der Waals surface area contributed by atoms with E-state index in [-0.39, 0.29) is 12.3 Å². The molecule has 7 nitrogen and oxygen atoms in total. The van der Waals surface area contributed by atoms with Crippen LogP contribution in [0.3, 0.4) is 0 Å². The number of oxime groups is 1. The van der Waals surface area contributed by atoms with Crippen LogP contribution in [-0.4, -0.2) is 33.0 Å². The molecule has 0 amide bonds. The van der Waals surface area contributed by atoms with Crippen molar-refractivity contribution in [2.45, 2.75) is 13.2 Å². The van der Waals surface area contributed by atoms with E-state index in [1.54, 1.807) is 23.3 Å². The van der Waals surface area contributed by atoms with Gasteiger partial charge < -0.3 is 19.2 Å². The Labute approximate surface area is 97.0 Å². The molecule has 2 rings (SSSR count). The SMILES string of the molecule is CC(=O)OC1=C/C(=N/O)[C@H](n2ccnc2)OC1. The van der Waals surface area contributed by atoms with Crippen molar-refractivity contribution in [1.82, 2.24) is 9.55 Å². The van der Waals surface area contributed by atoms with Crippen LogP contribution in [0.2, 0.25) is 0 Å². The molecule has 1 aliphatic heterocycles. The highest BCUT2D eigenvalue weighted by atomic mass is 16.6. The molecule has 1 N–H and O–H groups in total. The summed E-state index contributed by atoms with van der Waals surface area (Å²) in [6, 6.07) is 0. The number of rotatable bonds is 2. The van der Waals surface area contributed by atoms with E-state index in [1.165, 1.54) is 13.0 Å². The Balaban J connectivity index is 2.20. The summed E-state index contributed by atoms with van der Waals surface area (Å²) in [4.78, 5) is 14.7. The van der Waals surface area contributed by atoms with Crippen LogP contribution in [0, 0.1) is 0 Å². The van der Waals surface area contributed by atoms with Crippen molar-refractivity contribution in [3.63, 3.8) is 0 Å². The van der Waals surface area contributed by atoms with Gasteiger partial charge in [-0.15, -0.1) is 0 Å². The quantitative estimate of drug-likeness (QED) is 0.464. The molecule has 90 valence electrons. The molecule has 0 spiro atoms. The summed E-state index contributed by atoms with van der Waals surface area (Å²) >= 11 is 0. The average Bonchev–Trinajstić information content (AvgIpc) is 2.81. The fourth-order valence-corrected chi connectivity index (χ4v) is 1.49. The fourth-order valence-electron chi connectivity index (χ4n) is 1.49. The molecule has 0 saturated heterocycles. The Morgan fingerprint density at radius 1 is 1.76 bits per heavy atom. The van der Waals surface area contributed by atoms with E-state index in [4.69, 9.17) is 14.7 Å². The molecule has 1 aliphatic rings. The highest BCUT2D eigenvalue weighted by Gasteiger charge is 2.24. The van der Waals surface area contributed by atoms with Gasteiger partial charge in [-0.2, -0.15) is 0 Å². The van der Waals surface area contributed by atoms with E-state index in [9.17, 15) is 4.79 Å². The van der Waals surface area contributed by atoms with Crippen molar-refractivity contribution in [2.75, 3.05) is 6.61 Å². The minimum Gasteiger partial charge on any atom is -0.429 e. The number of carbonyl (C=O) groups excluding carboxylic acids is 1. The molecular formula is C10H11N3O4. The third-order valence-electron chi connectivity index (χ3n) is 2.13. The first-order valence-corrected chi connectivity index (χ1v) is 4.90. The number of hydrogen-bond donors (Lipinski definition) is 1. The van der Waals surface area contributed by atoms with Gasteiger partial charge in [-0.05, 0) is 0 Å². The Hall–Kier alpha value is -2.15. The molecule has 1 atom stereocenters. The van der Waals surface area contributed by atoms with Crippen LogP contribution in [0.1, 0.15) is 13.2 Å². The maximum Gasteiger partial charge on any atom is 0.307 e. The summed E-state index contributed by atoms with van der Waals surface area (Å²) in [6.07, 6.45) is 5.71. The first-order chi connectivity index (χ1) is 8.20. The molecule has 0 aliphatic carbocycles. The number of ether oxygens (including phenoxy) is 2.